The molecule has 0 unspecified atom stereocenters. The van der Waals surface area contributed by atoms with E-state index in [0.29, 0.717) is 11.3 Å². The van der Waals surface area contributed by atoms with Gasteiger partial charge < -0.3 is 10.4 Å². The monoisotopic (exact) mass is 390 g/mol. The number of nitrogens with one attached hydrogen (secondary N) is 1. The molecule has 1 amide bonds. The largest absolute Gasteiger partial charge is 0.508 e. The Morgan fingerprint density at radius 3 is 2.57 bits per heavy atom. The molecular weight excluding hydrogens is 379 g/mol. The second-order valence-corrected chi connectivity index (χ2v) is 5.47. The molecule has 0 saturated heterocycles. The van der Waals surface area contributed by atoms with E-state index in [0.717, 1.165) is 3.57 Å². The number of rotatable bonds is 3. The van der Waals surface area contributed by atoms with Crippen molar-refractivity contribution in [1.82, 2.24) is 0 Å². The number of carbonyl (C=O) groups is 1. The van der Waals surface area contributed by atoms with E-state index >= 15 is 0 Å². The van der Waals surface area contributed by atoms with E-state index < -0.39 is 5.91 Å². The number of nitrogens with zero attached hydrogens (tertiary/aromatic N) is 1. The van der Waals surface area contributed by atoms with Crippen LogP contribution in [0.15, 0.2) is 54.1 Å². The summed E-state index contributed by atoms with van der Waals surface area (Å²) in [5.74, 6) is -0.332. The summed E-state index contributed by atoms with van der Waals surface area (Å²) in [7, 11) is 0. The smallest absolute Gasteiger partial charge is 0.266 e. The van der Waals surface area contributed by atoms with Gasteiger partial charge in [0.05, 0.1) is 0 Å². The van der Waals surface area contributed by atoms with E-state index in [-0.39, 0.29) is 11.3 Å². The SMILES string of the molecule is N#C/C(=C\c1ccc(O)cc1)C(=O)Nc1cccc(I)c1. The maximum Gasteiger partial charge on any atom is 0.266 e. The van der Waals surface area contributed by atoms with Crippen LogP contribution in [0.5, 0.6) is 5.75 Å². The molecule has 0 fully saturated rings. The van der Waals surface area contributed by atoms with Crippen molar-refractivity contribution in [2.24, 2.45) is 0 Å². The molecule has 4 nitrogen and oxygen atoms in total. The van der Waals surface area contributed by atoms with Gasteiger partial charge in [0.2, 0.25) is 0 Å². The van der Waals surface area contributed by atoms with Crippen molar-refractivity contribution in [3.05, 3.63) is 63.2 Å². The van der Waals surface area contributed by atoms with E-state index in [9.17, 15) is 9.90 Å². The molecule has 0 saturated carbocycles. The highest BCUT2D eigenvalue weighted by Crippen LogP contribution is 2.15. The molecule has 0 aliphatic heterocycles. The van der Waals surface area contributed by atoms with Crippen LogP contribution < -0.4 is 5.32 Å². The zero-order chi connectivity index (χ0) is 15.2. The Labute approximate surface area is 135 Å². The predicted octanol–water partition coefficient (Wildman–Crippen LogP) is 3.54. The maximum atomic E-state index is 12.1. The standard InChI is InChI=1S/C16H11IN2O2/c17-13-2-1-3-14(9-13)19-16(21)12(10-18)8-11-4-6-15(20)7-5-11/h1-9,20H,(H,19,21)/b12-8+. The predicted molar refractivity (Wildman–Crippen MR) is 89.5 cm³/mol. The van der Waals surface area contributed by atoms with Gasteiger partial charge in [0.15, 0.2) is 0 Å². The minimum Gasteiger partial charge on any atom is -0.508 e. The summed E-state index contributed by atoms with van der Waals surface area (Å²) in [5, 5.41) is 21.0. The average molecular weight is 390 g/mol. The Bertz CT molecular complexity index is 731. The molecule has 0 bridgehead atoms. The minimum absolute atomic E-state index is 0.000416. The van der Waals surface area contributed by atoms with Crippen LogP contribution in [0, 0.1) is 14.9 Å². The molecule has 5 heteroatoms. The Balaban J connectivity index is 2.19. The molecule has 0 aliphatic carbocycles. The van der Waals surface area contributed by atoms with Gasteiger partial charge in [-0.1, -0.05) is 18.2 Å². The van der Waals surface area contributed by atoms with E-state index in [1.54, 1.807) is 18.2 Å². The zero-order valence-electron chi connectivity index (χ0n) is 10.9. The highest BCUT2D eigenvalue weighted by atomic mass is 127. The van der Waals surface area contributed by atoms with Crippen LogP contribution >= 0.6 is 22.6 Å². The van der Waals surface area contributed by atoms with Gasteiger partial charge in [-0.15, -0.1) is 0 Å². The zero-order valence-corrected chi connectivity index (χ0v) is 13.0. The summed E-state index contributed by atoms with van der Waals surface area (Å²) >= 11 is 2.15. The van der Waals surface area contributed by atoms with Gasteiger partial charge in [0.25, 0.3) is 5.91 Å². The molecule has 0 atom stereocenters. The number of amides is 1. The summed E-state index contributed by atoms with van der Waals surface area (Å²) in [6.45, 7) is 0. The molecule has 2 aromatic carbocycles. The van der Waals surface area contributed by atoms with Gasteiger partial charge in [-0.05, 0) is 64.6 Å². The molecule has 0 radical (unpaired) electrons. The summed E-state index contributed by atoms with van der Waals surface area (Å²) in [6, 6.07) is 15.5. The number of nitriles is 1. The number of carbonyl (C=O) groups excluding carboxylic acids is 1. The van der Waals surface area contributed by atoms with Crippen LogP contribution in [0.25, 0.3) is 6.08 Å². The number of halogens is 1. The van der Waals surface area contributed by atoms with Crippen molar-refractivity contribution in [3.63, 3.8) is 0 Å². The topological polar surface area (TPSA) is 73.1 Å². The molecule has 104 valence electrons. The quantitative estimate of drug-likeness (QED) is 0.479. The van der Waals surface area contributed by atoms with Gasteiger partial charge in [0.1, 0.15) is 17.4 Å². The molecule has 0 spiro atoms. The summed E-state index contributed by atoms with van der Waals surface area (Å²) in [4.78, 5) is 12.1. The van der Waals surface area contributed by atoms with Gasteiger partial charge in [-0.2, -0.15) is 5.26 Å². The summed E-state index contributed by atoms with van der Waals surface area (Å²) < 4.78 is 0.992. The van der Waals surface area contributed by atoms with Crippen molar-refractivity contribution in [1.29, 1.82) is 5.26 Å². The van der Waals surface area contributed by atoms with Crippen LogP contribution in [0.1, 0.15) is 5.56 Å². The lowest BCUT2D eigenvalue weighted by molar-refractivity contribution is -0.112. The van der Waals surface area contributed by atoms with Gasteiger partial charge >= 0.3 is 0 Å². The first-order valence-corrected chi connectivity index (χ1v) is 7.14. The van der Waals surface area contributed by atoms with Crippen molar-refractivity contribution < 1.29 is 9.90 Å². The van der Waals surface area contributed by atoms with E-state index in [1.165, 1.54) is 18.2 Å². The minimum atomic E-state index is -0.465. The summed E-state index contributed by atoms with van der Waals surface area (Å²) in [5.41, 5.74) is 1.31. The van der Waals surface area contributed by atoms with Crippen molar-refractivity contribution in [3.8, 4) is 11.8 Å². The van der Waals surface area contributed by atoms with E-state index in [1.807, 2.05) is 24.3 Å². The first kappa shape index (κ1) is 15.1. The molecule has 2 aromatic rings. The maximum absolute atomic E-state index is 12.1. The number of anilines is 1. The highest BCUT2D eigenvalue weighted by Gasteiger charge is 2.09. The van der Waals surface area contributed by atoms with Gasteiger partial charge in [-0.25, -0.2) is 0 Å². The molecule has 2 N–H and O–H groups in total. The van der Waals surface area contributed by atoms with Gasteiger partial charge in [0, 0.05) is 9.26 Å². The molecular formula is C16H11IN2O2. The van der Waals surface area contributed by atoms with Crippen LogP contribution in [0.2, 0.25) is 0 Å². The van der Waals surface area contributed by atoms with Crippen LogP contribution in [-0.4, -0.2) is 11.0 Å². The number of phenols is 1. The lowest BCUT2D eigenvalue weighted by Crippen LogP contribution is -2.13. The second-order valence-electron chi connectivity index (χ2n) is 4.23. The first-order valence-electron chi connectivity index (χ1n) is 6.06. The van der Waals surface area contributed by atoms with E-state index in [2.05, 4.69) is 27.9 Å². The Morgan fingerprint density at radius 2 is 1.95 bits per heavy atom. The van der Waals surface area contributed by atoms with Crippen molar-refractivity contribution in [2.45, 2.75) is 0 Å². The molecule has 2 rings (SSSR count). The number of hydrogen-bond donors (Lipinski definition) is 2. The van der Waals surface area contributed by atoms with Gasteiger partial charge in [-0.3, -0.25) is 4.79 Å². The number of aromatic hydroxyl groups is 1. The van der Waals surface area contributed by atoms with Crippen LogP contribution in [0.3, 0.4) is 0 Å². The molecule has 21 heavy (non-hydrogen) atoms. The Hall–Kier alpha value is -2.33. The fourth-order valence-electron chi connectivity index (χ4n) is 1.65. The lowest BCUT2D eigenvalue weighted by Gasteiger charge is -2.04. The Kier molecular flexibility index (Phi) is 4.95. The summed E-state index contributed by atoms with van der Waals surface area (Å²) in [6.07, 6.45) is 1.47. The third-order valence-corrected chi connectivity index (χ3v) is 3.32. The lowest BCUT2D eigenvalue weighted by atomic mass is 10.1. The third-order valence-electron chi connectivity index (χ3n) is 2.65. The molecule has 0 heterocycles. The molecule has 0 aliphatic rings. The number of phenolic OH excluding ortho intramolecular Hbond substituents is 1. The average Bonchev–Trinajstić information content (AvgIpc) is 2.46. The number of hydrogen-bond acceptors (Lipinski definition) is 3. The number of benzene rings is 2. The highest BCUT2D eigenvalue weighted by molar-refractivity contribution is 14.1. The Morgan fingerprint density at radius 1 is 1.24 bits per heavy atom. The first-order chi connectivity index (χ1) is 10.1. The second kappa shape index (κ2) is 6.90. The fraction of sp³-hybridized carbons (Fsp3) is 0. The third kappa shape index (κ3) is 4.33. The van der Waals surface area contributed by atoms with Crippen LogP contribution in [-0.2, 0) is 4.79 Å². The normalized spacial score (nSPS) is 10.8. The van der Waals surface area contributed by atoms with Crippen molar-refractivity contribution in [2.75, 3.05) is 5.32 Å². The molecule has 0 aromatic heterocycles. The van der Waals surface area contributed by atoms with E-state index in [4.69, 9.17) is 5.26 Å². The van der Waals surface area contributed by atoms with Crippen molar-refractivity contribution >= 4 is 40.3 Å². The fourth-order valence-corrected chi connectivity index (χ4v) is 2.19. The van der Waals surface area contributed by atoms with Crippen LogP contribution in [0.4, 0.5) is 5.69 Å².